The number of piperazine rings is 1. The number of nitrogens with one attached hydrogen (secondary N) is 1. The van der Waals surface area contributed by atoms with Gasteiger partial charge in [0.05, 0.1) is 7.11 Å². The van der Waals surface area contributed by atoms with E-state index in [0.29, 0.717) is 17.7 Å². The lowest BCUT2D eigenvalue weighted by Crippen LogP contribution is -2.48. The fraction of sp³-hybridized carbons (Fsp3) is 0.625. The minimum Gasteiger partial charge on any atom is -0.493 e. The third-order valence-corrected chi connectivity index (χ3v) is 4.66. The second-order valence-electron chi connectivity index (χ2n) is 5.78. The van der Waals surface area contributed by atoms with E-state index in [1.54, 1.807) is 13.2 Å². The van der Waals surface area contributed by atoms with Gasteiger partial charge in [0.1, 0.15) is 0 Å². The predicted molar refractivity (Wildman–Crippen MR) is 84.7 cm³/mol. The SMILES string of the molecule is COc1c(F)cccc1[C@@H](C1CCC1)N1CCNCC1.Cl. The van der Waals surface area contributed by atoms with Gasteiger partial charge in [0, 0.05) is 37.8 Å². The fourth-order valence-corrected chi connectivity index (χ4v) is 3.44. The molecule has 0 bridgehead atoms. The summed E-state index contributed by atoms with van der Waals surface area (Å²) < 4.78 is 19.4. The van der Waals surface area contributed by atoms with Gasteiger partial charge in [0.15, 0.2) is 11.6 Å². The Bertz CT molecular complexity index is 462. The highest BCUT2D eigenvalue weighted by Gasteiger charge is 2.35. The molecule has 2 fully saturated rings. The van der Waals surface area contributed by atoms with Crippen molar-refractivity contribution < 1.29 is 9.13 Å². The Morgan fingerprint density at radius 1 is 1.29 bits per heavy atom. The van der Waals surface area contributed by atoms with E-state index in [-0.39, 0.29) is 18.2 Å². The summed E-state index contributed by atoms with van der Waals surface area (Å²) in [7, 11) is 1.57. The van der Waals surface area contributed by atoms with E-state index in [0.717, 1.165) is 31.7 Å². The summed E-state index contributed by atoms with van der Waals surface area (Å²) in [5, 5.41) is 3.39. The van der Waals surface area contributed by atoms with E-state index in [9.17, 15) is 4.39 Å². The van der Waals surface area contributed by atoms with Crippen molar-refractivity contribution in [3.8, 4) is 5.75 Å². The number of hydrogen-bond acceptors (Lipinski definition) is 3. The average molecular weight is 315 g/mol. The molecular weight excluding hydrogens is 291 g/mol. The van der Waals surface area contributed by atoms with Crippen molar-refractivity contribution in [1.29, 1.82) is 0 Å². The van der Waals surface area contributed by atoms with Crippen LogP contribution in [0.15, 0.2) is 18.2 Å². The Labute approximate surface area is 132 Å². The van der Waals surface area contributed by atoms with Crippen molar-refractivity contribution in [2.75, 3.05) is 33.3 Å². The van der Waals surface area contributed by atoms with Gasteiger partial charge in [0.25, 0.3) is 0 Å². The molecule has 1 heterocycles. The van der Waals surface area contributed by atoms with Crippen LogP contribution in [-0.2, 0) is 0 Å². The monoisotopic (exact) mass is 314 g/mol. The van der Waals surface area contributed by atoms with Crippen LogP contribution in [0.4, 0.5) is 4.39 Å². The summed E-state index contributed by atoms with van der Waals surface area (Å²) >= 11 is 0. The largest absolute Gasteiger partial charge is 0.493 e. The third-order valence-electron chi connectivity index (χ3n) is 4.66. The summed E-state index contributed by atoms with van der Waals surface area (Å²) in [6.07, 6.45) is 3.79. The van der Waals surface area contributed by atoms with E-state index >= 15 is 0 Å². The van der Waals surface area contributed by atoms with Crippen LogP contribution in [0.5, 0.6) is 5.75 Å². The molecule has 1 aliphatic carbocycles. The maximum absolute atomic E-state index is 14.0. The summed E-state index contributed by atoms with van der Waals surface area (Å²) in [6, 6.07) is 5.63. The molecule has 1 saturated heterocycles. The summed E-state index contributed by atoms with van der Waals surface area (Å²) in [6.45, 7) is 4.09. The molecule has 5 heteroatoms. The molecule has 0 aromatic heterocycles. The normalized spacial score (nSPS) is 21.2. The lowest BCUT2D eigenvalue weighted by molar-refractivity contribution is 0.0814. The first kappa shape index (κ1) is 16.5. The Hall–Kier alpha value is -0.840. The second-order valence-corrected chi connectivity index (χ2v) is 5.78. The van der Waals surface area contributed by atoms with E-state index in [1.165, 1.54) is 25.3 Å². The van der Waals surface area contributed by atoms with Crippen LogP contribution in [-0.4, -0.2) is 38.2 Å². The molecule has 1 aromatic rings. The quantitative estimate of drug-likeness (QED) is 0.924. The number of benzene rings is 1. The number of ether oxygens (including phenoxy) is 1. The summed E-state index contributed by atoms with van der Waals surface area (Å²) in [5.41, 5.74) is 1.03. The lowest BCUT2D eigenvalue weighted by atomic mass is 9.76. The van der Waals surface area contributed by atoms with Crippen molar-refractivity contribution in [3.05, 3.63) is 29.6 Å². The molecule has 21 heavy (non-hydrogen) atoms. The Kier molecular flexibility index (Phi) is 5.85. The molecule has 3 rings (SSSR count). The smallest absolute Gasteiger partial charge is 0.165 e. The molecule has 1 saturated carbocycles. The molecule has 2 aliphatic rings. The molecule has 0 radical (unpaired) electrons. The molecule has 1 atom stereocenters. The van der Waals surface area contributed by atoms with E-state index < -0.39 is 0 Å². The Balaban J connectivity index is 0.00000161. The van der Waals surface area contributed by atoms with Crippen LogP contribution in [0, 0.1) is 11.7 Å². The minimum absolute atomic E-state index is 0. The molecular formula is C16H24ClFN2O. The van der Waals surface area contributed by atoms with E-state index in [2.05, 4.69) is 10.2 Å². The number of methoxy groups -OCH3 is 1. The first-order valence-corrected chi connectivity index (χ1v) is 7.58. The highest BCUT2D eigenvalue weighted by atomic mass is 35.5. The zero-order valence-corrected chi connectivity index (χ0v) is 13.3. The average Bonchev–Trinajstić information content (AvgIpc) is 2.43. The maximum Gasteiger partial charge on any atom is 0.165 e. The van der Waals surface area contributed by atoms with Crippen LogP contribution in [0.3, 0.4) is 0 Å². The van der Waals surface area contributed by atoms with Crippen LogP contribution < -0.4 is 10.1 Å². The standard InChI is InChI=1S/C16H23FN2O.ClH/c1-20-16-13(6-3-7-14(16)17)15(12-4-2-5-12)19-10-8-18-9-11-19;/h3,6-7,12,15,18H,2,4-5,8-11H2,1H3;1H/t15-;/m1./s1. The number of rotatable bonds is 4. The van der Waals surface area contributed by atoms with Crippen LogP contribution in [0.25, 0.3) is 0 Å². The second kappa shape index (κ2) is 7.43. The zero-order valence-electron chi connectivity index (χ0n) is 12.5. The molecule has 0 amide bonds. The van der Waals surface area contributed by atoms with Gasteiger partial charge in [-0.1, -0.05) is 18.6 Å². The van der Waals surface area contributed by atoms with Gasteiger partial charge >= 0.3 is 0 Å². The molecule has 0 spiro atoms. The molecule has 3 nitrogen and oxygen atoms in total. The van der Waals surface area contributed by atoms with Gasteiger partial charge < -0.3 is 10.1 Å². The summed E-state index contributed by atoms with van der Waals surface area (Å²) in [4.78, 5) is 2.50. The fourth-order valence-electron chi connectivity index (χ4n) is 3.44. The van der Waals surface area contributed by atoms with Crippen LogP contribution in [0.1, 0.15) is 30.9 Å². The van der Waals surface area contributed by atoms with E-state index in [4.69, 9.17) is 4.74 Å². The van der Waals surface area contributed by atoms with Gasteiger partial charge in [-0.25, -0.2) is 4.39 Å². The number of nitrogens with zero attached hydrogens (tertiary/aromatic N) is 1. The van der Waals surface area contributed by atoms with Crippen LogP contribution >= 0.6 is 12.4 Å². The molecule has 1 aromatic carbocycles. The van der Waals surface area contributed by atoms with Crippen molar-refractivity contribution in [1.82, 2.24) is 10.2 Å². The molecule has 118 valence electrons. The number of hydrogen-bond donors (Lipinski definition) is 1. The highest BCUT2D eigenvalue weighted by Crippen LogP contribution is 2.44. The lowest BCUT2D eigenvalue weighted by Gasteiger charge is -2.43. The zero-order chi connectivity index (χ0) is 13.9. The minimum atomic E-state index is -0.246. The van der Waals surface area contributed by atoms with Gasteiger partial charge in [0.2, 0.25) is 0 Å². The van der Waals surface area contributed by atoms with Gasteiger partial charge in [-0.15, -0.1) is 12.4 Å². The molecule has 0 unspecified atom stereocenters. The first-order valence-electron chi connectivity index (χ1n) is 7.58. The van der Waals surface area contributed by atoms with E-state index in [1.807, 2.05) is 6.07 Å². The van der Waals surface area contributed by atoms with Gasteiger partial charge in [-0.2, -0.15) is 0 Å². The Morgan fingerprint density at radius 3 is 2.57 bits per heavy atom. The van der Waals surface area contributed by atoms with Crippen molar-refractivity contribution in [2.24, 2.45) is 5.92 Å². The topological polar surface area (TPSA) is 24.5 Å². The summed E-state index contributed by atoms with van der Waals surface area (Å²) in [5.74, 6) is 0.830. The number of para-hydroxylation sites is 1. The predicted octanol–water partition coefficient (Wildman–Crippen LogP) is 3.00. The molecule has 1 N–H and O–H groups in total. The Morgan fingerprint density at radius 2 is 2.00 bits per heavy atom. The van der Waals surface area contributed by atoms with Crippen LogP contribution in [0.2, 0.25) is 0 Å². The van der Waals surface area contributed by atoms with Crippen molar-refractivity contribution in [3.63, 3.8) is 0 Å². The third kappa shape index (κ3) is 3.33. The first-order chi connectivity index (χ1) is 9.81. The molecule has 1 aliphatic heterocycles. The highest BCUT2D eigenvalue weighted by molar-refractivity contribution is 5.85. The van der Waals surface area contributed by atoms with Gasteiger partial charge in [-0.05, 0) is 24.8 Å². The van der Waals surface area contributed by atoms with Crippen molar-refractivity contribution >= 4 is 12.4 Å². The van der Waals surface area contributed by atoms with Gasteiger partial charge in [-0.3, -0.25) is 4.90 Å². The maximum atomic E-state index is 14.0. The van der Waals surface area contributed by atoms with Crippen molar-refractivity contribution in [2.45, 2.75) is 25.3 Å². The number of halogens is 2.